The molecular formula is C12H8BrClO. The molecule has 0 spiro atoms. The Morgan fingerprint density at radius 2 is 1.80 bits per heavy atom. The van der Waals surface area contributed by atoms with E-state index in [9.17, 15) is 4.79 Å². The molecule has 0 radical (unpaired) electrons. The highest BCUT2D eigenvalue weighted by atomic mass is 79.9. The Hall–Kier alpha value is -0.860. The monoisotopic (exact) mass is 282 g/mol. The van der Waals surface area contributed by atoms with Gasteiger partial charge in [0, 0.05) is 10.4 Å². The smallest absolute Gasteiger partial charge is 0.138 e. The predicted molar refractivity (Wildman–Crippen MR) is 66.7 cm³/mol. The first-order valence-corrected chi connectivity index (χ1v) is 5.80. The molecule has 0 aliphatic carbocycles. The van der Waals surface area contributed by atoms with Gasteiger partial charge in [-0.3, -0.25) is 0 Å². The van der Waals surface area contributed by atoms with Crippen LogP contribution >= 0.6 is 27.5 Å². The number of halogens is 2. The molecule has 0 aliphatic heterocycles. The van der Waals surface area contributed by atoms with Gasteiger partial charge >= 0.3 is 0 Å². The molecule has 0 N–H and O–H groups in total. The maximum absolute atomic E-state index is 10.8. The van der Waals surface area contributed by atoms with Crippen molar-refractivity contribution in [2.24, 2.45) is 0 Å². The minimum atomic E-state index is -0.278. The summed E-state index contributed by atoms with van der Waals surface area (Å²) >= 11 is 9.39. The standard InChI is InChI=1S/C12H8BrClO/c13-11(7-15)9-4-1-5-10-8(9)3-2-6-12(10)14/h1-7,11H. The van der Waals surface area contributed by atoms with Crippen LogP contribution in [0, 0.1) is 0 Å². The molecule has 2 aromatic carbocycles. The summed E-state index contributed by atoms with van der Waals surface area (Å²) in [4.78, 5) is 10.5. The van der Waals surface area contributed by atoms with E-state index in [-0.39, 0.29) is 4.83 Å². The number of hydrogen-bond donors (Lipinski definition) is 0. The highest BCUT2D eigenvalue weighted by molar-refractivity contribution is 9.09. The minimum Gasteiger partial charge on any atom is -0.302 e. The first-order chi connectivity index (χ1) is 7.24. The fourth-order valence-electron chi connectivity index (χ4n) is 1.61. The van der Waals surface area contributed by atoms with Crippen molar-refractivity contribution < 1.29 is 4.79 Å². The quantitative estimate of drug-likeness (QED) is 0.598. The lowest BCUT2D eigenvalue weighted by atomic mass is 10.0. The van der Waals surface area contributed by atoms with Gasteiger partial charge in [0.1, 0.15) is 6.29 Å². The van der Waals surface area contributed by atoms with Crippen LogP contribution in [0.4, 0.5) is 0 Å². The van der Waals surface area contributed by atoms with Gasteiger partial charge in [-0.2, -0.15) is 0 Å². The van der Waals surface area contributed by atoms with Crippen molar-refractivity contribution >= 4 is 44.6 Å². The Kier molecular flexibility index (Phi) is 3.08. The third kappa shape index (κ3) is 1.92. The summed E-state index contributed by atoms with van der Waals surface area (Å²) in [7, 11) is 0. The third-order valence-corrected chi connectivity index (χ3v) is 3.36. The summed E-state index contributed by atoms with van der Waals surface area (Å²) in [5.41, 5.74) is 0.949. The van der Waals surface area contributed by atoms with Crippen LogP contribution in [-0.4, -0.2) is 6.29 Å². The van der Waals surface area contributed by atoms with Crippen LogP contribution in [0.15, 0.2) is 36.4 Å². The molecule has 1 atom stereocenters. The molecule has 0 aliphatic rings. The van der Waals surface area contributed by atoms with Gasteiger partial charge < -0.3 is 4.79 Å². The molecule has 0 aromatic heterocycles. The number of carbonyl (C=O) groups excluding carboxylic acids is 1. The molecule has 0 amide bonds. The van der Waals surface area contributed by atoms with Crippen molar-refractivity contribution in [3.05, 3.63) is 47.0 Å². The van der Waals surface area contributed by atoms with Crippen LogP contribution in [-0.2, 0) is 4.79 Å². The van der Waals surface area contributed by atoms with Crippen LogP contribution < -0.4 is 0 Å². The van der Waals surface area contributed by atoms with Crippen molar-refractivity contribution in [3.63, 3.8) is 0 Å². The van der Waals surface area contributed by atoms with Crippen LogP contribution in [0.1, 0.15) is 10.4 Å². The maximum Gasteiger partial charge on any atom is 0.138 e. The molecule has 0 saturated heterocycles. The van der Waals surface area contributed by atoms with Gasteiger partial charge in [-0.05, 0) is 17.0 Å². The maximum atomic E-state index is 10.8. The van der Waals surface area contributed by atoms with Crippen LogP contribution in [0.3, 0.4) is 0 Å². The second-order valence-electron chi connectivity index (χ2n) is 3.22. The number of rotatable bonds is 2. The van der Waals surface area contributed by atoms with Crippen molar-refractivity contribution in [1.82, 2.24) is 0 Å². The van der Waals surface area contributed by atoms with Gasteiger partial charge in [0.2, 0.25) is 0 Å². The van der Waals surface area contributed by atoms with E-state index in [1.54, 1.807) is 0 Å². The van der Waals surface area contributed by atoms with Gasteiger partial charge in [-0.15, -0.1) is 0 Å². The van der Waals surface area contributed by atoms with E-state index in [0.717, 1.165) is 22.6 Å². The van der Waals surface area contributed by atoms with Crippen molar-refractivity contribution in [1.29, 1.82) is 0 Å². The topological polar surface area (TPSA) is 17.1 Å². The zero-order valence-corrected chi connectivity index (χ0v) is 10.1. The lowest BCUT2D eigenvalue weighted by Crippen LogP contribution is -1.92. The van der Waals surface area contributed by atoms with E-state index in [1.807, 2.05) is 36.4 Å². The largest absolute Gasteiger partial charge is 0.302 e. The van der Waals surface area contributed by atoms with E-state index in [2.05, 4.69) is 15.9 Å². The summed E-state index contributed by atoms with van der Waals surface area (Å²) in [5.74, 6) is 0. The Morgan fingerprint density at radius 3 is 2.53 bits per heavy atom. The number of benzene rings is 2. The Morgan fingerprint density at radius 1 is 1.13 bits per heavy atom. The number of aldehydes is 1. The van der Waals surface area contributed by atoms with Crippen LogP contribution in [0.5, 0.6) is 0 Å². The van der Waals surface area contributed by atoms with Gasteiger partial charge in [0.05, 0.1) is 4.83 Å². The van der Waals surface area contributed by atoms with Crippen molar-refractivity contribution in [2.75, 3.05) is 0 Å². The Balaban J connectivity index is 2.76. The molecule has 3 heteroatoms. The number of hydrogen-bond acceptors (Lipinski definition) is 1. The van der Waals surface area contributed by atoms with Gasteiger partial charge in [0.25, 0.3) is 0 Å². The second kappa shape index (κ2) is 4.33. The summed E-state index contributed by atoms with van der Waals surface area (Å²) < 4.78 is 0. The molecular weight excluding hydrogens is 275 g/mol. The van der Waals surface area contributed by atoms with Crippen molar-refractivity contribution in [3.8, 4) is 0 Å². The molecule has 0 fully saturated rings. The Bertz CT molecular complexity index is 510. The van der Waals surface area contributed by atoms with Gasteiger partial charge in [-0.25, -0.2) is 0 Å². The zero-order chi connectivity index (χ0) is 10.8. The van der Waals surface area contributed by atoms with E-state index in [1.165, 1.54) is 0 Å². The van der Waals surface area contributed by atoms with E-state index in [0.29, 0.717) is 5.02 Å². The normalized spacial score (nSPS) is 12.7. The SMILES string of the molecule is O=CC(Br)c1cccc2c(Cl)cccc12. The molecule has 0 bridgehead atoms. The number of alkyl halides is 1. The Labute approximate surface area is 101 Å². The highest BCUT2D eigenvalue weighted by Crippen LogP contribution is 2.31. The van der Waals surface area contributed by atoms with Gasteiger partial charge in [-0.1, -0.05) is 57.9 Å². The molecule has 0 saturated carbocycles. The van der Waals surface area contributed by atoms with Gasteiger partial charge in [0.15, 0.2) is 0 Å². The molecule has 2 aromatic rings. The van der Waals surface area contributed by atoms with E-state index in [4.69, 9.17) is 11.6 Å². The third-order valence-electron chi connectivity index (χ3n) is 2.32. The van der Waals surface area contributed by atoms with E-state index >= 15 is 0 Å². The zero-order valence-electron chi connectivity index (χ0n) is 7.78. The first kappa shape index (κ1) is 10.7. The fourth-order valence-corrected chi connectivity index (χ4v) is 2.25. The molecule has 15 heavy (non-hydrogen) atoms. The fraction of sp³-hybridized carbons (Fsp3) is 0.0833. The molecule has 1 unspecified atom stereocenters. The summed E-state index contributed by atoms with van der Waals surface area (Å²) in [6.07, 6.45) is 0.871. The molecule has 76 valence electrons. The number of fused-ring (bicyclic) bond motifs is 1. The number of carbonyl (C=O) groups is 1. The molecule has 1 nitrogen and oxygen atoms in total. The average Bonchev–Trinajstić information content (AvgIpc) is 2.28. The van der Waals surface area contributed by atoms with Crippen LogP contribution in [0.25, 0.3) is 10.8 Å². The summed E-state index contributed by atoms with van der Waals surface area (Å²) in [6, 6.07) is 11.5. The summed E-state index contributed by atoms with van der Waals surface area (Å²) in [5, 5.41) is 2.70. The van der Waals surface area contributed by atoms with E-state index < -0.39 is 0 Å². The van der Waals surface area contributed by atoms with Crippen LogP contribution in [0.2, 0.25) is 5.02 Å². The summed E-state index contributed by atoms with van der Waals surface area (Å²) in [6.45, 7) is 0. The predicted octanol–water partition coefficient (Wildman–Crippen LogP) is 4.13. The van der Waals surface area contributed by atoms with Crippen molar-refractivity contribution in [2.45, 2.75) is 4.83 Å². The minimum absolute atomic E-state index is 0.278. The average molecular weight is 284 g/mol. The molecule has 0 heterocycles. The molecule has 2 rings (SSSR count). The second-order valence-corrected chi connectivity index (χ2v) is 4.61. The lowest BCUT2D eigenvalue weighted by Gasteiger charge is -2.08. The first-order valence-electron chi connectivity index (χ1n) is 4.50. The lowest BCUT2D eigenvalue weighted by molar-refractivity contribution is -0.107. The highest BCUT2D eigenvalue weighted by Gasteiger charge is 2.10.